The minimum Gasteiger partial charge on any atom is -0.497 e. The zero-order valence-corrected chi connectivity index (χ0v) is 40.6. The van der Waals surface area contributed by atoms with Gasteiger partial charge in [0.15, 0.2) is 17.5 Å². The van der Waals surface area contributed by atoms with Crippen LogP contribution in [-0.4, -0.2) is 118 Å². The van der Waals surface area contributed by atoms with E-state index in [9.17, 15) is 9.18 Å². The number of aryl methyl sites for hydroxylation is 1. The Bertz CT molecular complexity index is 2800. The second kappa shape index (κ2) is 18.1. The molecule has 1 amide bonds. The molecule has 4 fully saturated rings. The molecule has 0 saturated carbocycles. The predicted octanol–water partition coefficient (Wildman–Crippen LogP) is 9.61. The number of halogens is 6. The van der Waals surface area contributed by atoms with Crippen molar-refractivity contribution in [2.24, 2.45) is 0 Å². The minimum absolute atomic E-state index is 0.0389. The lowest BCUT2D eigenvalue weighted by Crippen LogP contribution is -2.65. The lowest BCUT2D eigenvalue weighted by atomic mass is 9.95. The number of benzene rings is 2. The maximum absolute atomic E-state index is 18.1. The largest absolute Gasteiger partial charge is 0.497 e. The molecule has 10 rings (SSSR count). The van der Waals surface area contributed by atoms with Crippen molar-refractivity contribution in [1.82, 2.24) is 29.7 Å². The van der Waals surface area contributed by atoms with Crippen LogP contribution < -0.4 is 28.7 Å². The van der Waals surface area contributed by atoms with Gasteiger partial charge >= 0.3 is 18.3 Å². The van der Waals surface area contributed by atoms with Crippen LogP contribution in [0.3, 0.4) is 0 Å². The summed E-state index contributed by atoms with van der Waals surface area (Å²) >= 11 is 0. The SMILES string of the molecule is COc1ccc(CN(Cc2ccc(OC)cc2)c2nc(C)c(C(F)(F)F)c(-c3nc4c5c(nc(OCC67CCCN6C[C@H](F)C7)nc5c3F)N3C[C@H]5CC[C@@H]([C@H]3[C@H](C)O4)N5C(=O)OC(C)(C)C)c2F)cc1. The summed E-state index contributed by atoms with van der Waals surface area (Å²) in [6.07, 6.45) is -4.89. The van der Waals surface area contributed by atoms with E-state index in [1.807, 2.05) is 9.80 Å². The number of methoxy groups -OCH3 is 2. The number of carbonyl (C=O) groups is 1. The first-order valence-electron chi connectivity index (χ1n) is 23.9. The second-order valence-electron chi connectivity index (χ2n) is 20.3. The molecule has 2 bridgehead atoms. The Labute approximate surface area is 407 Å². The lowest BCUT2D eigenvalue weighted by Gasteiger charge is -2.48. The van der Waals surface area contributed by atoms with E-state index in [0.717, 1.165) is 13.3 Å². The van der Waals surface area contributed by atoms with Crippen molar-refractivity contribution in [3.05, 3.63) is 82.5 Å². The highest BCUT2D eigenvalue weighted by Crippen LogP contribution is 2.50. The molecule has 8 heterocycles. The van der Waals surface area contributed by atoms with Gasteiger partial charge in [-0.3, -0.25) is 9.80 Å². The van der Waals surface area contributed by atoms with Gasteiger partial charge in [-0.15, -0.1) is 0 Å². The van der Waals surface area contributed by atoms with Crippen molar-refractivity contribution in [1.29, 1.82) is 0 Å². The second-order valence-corrected chi connectivity index (χ2v) is 20.3. The van der Waals surface area contributed by atoms with E-state index in [4.69, 9.17) is 28.7 Å². The number of hydrogen-bond acceptors (Lipinski definition) is 13. The van der Waals surface area contributed by atoms with Crippen LogP contribution >= 0.6 is 0 Å². The fraction of sp³-hybridized carbons (Fsp3) is 0.510. The molecular formula is C51H56F6N8O6. The average Bonchev–Trinajstić information content (AvgIpc) is 3.93. The van der Waals surface area contributed by atoms with Crippen LogP contribution in [0.25, 0.3) is 22.2 Å². The molecule has 0 radical (unpaired) electrons. The van der Waals surface area contributed by atoms with Gasteiger partial charge in [0, 0.05) is 32.6 Å². The molecule has 4 saturated heterocycles. The number of rotatable bonds is 11. The van der Waals surface area contributed by atoms with Gasteiger partial charge in [0.1, 0.15) is 58.4 Å². The Hall–Kier alpha value is -6.31. The fourth-order valence-corrected chi connectivity index (χ4v) is 11.4. The third-order valence-electron chi connectivity index (χ3n) is 14.5. The lowest BCUT2D eigenvalue weighted by molar-refractivity contribution is -0.138. The van der Waals surface area contributed by atoms with Crippen molar-refractivity contribution < 1.29 is 54.8 Å². The maximum Gasteiger partial charge on any atom is 0.418 e. The molecule has 71 heavy (non-hydrogen) atoms. The van der Waals surface area contributed by atoms with Gasteiger partial charge in [0.25, 0.3) is 0 Å². The van der Waals surface area contributed by atoms with Gasteiger partial charge in [-0.2, -0.15) is 23.1 Å². The number of anilines is 2. The molecule has 378 valence electrons. The zero-order chi connectivity index (χ0) is 50.3. The molecule has 0 spiro atoms. The summed E-state index contributed by atoms with van der Waals surface area (Å²) in [6, 6.07) is 11.9. The Balaban J connectivity index is 1.15. The normalized spacial score (nSPS) is 23.8. The Kier molecular flexibility index (Phi) is 12.3. The summed E-state index contributed by atoms with van der Waals surface area (Å²) in [5.74, 6) is -2.48. The van der Waals surface area contributed by atoms with Gasteiger partial charge in [0.2, 0.25) is 5.88 Å². The summed E-state index contributed by atoms with van der Waals surface area (Å²) in [5, 5.41) is -0.0657. The third kappa shape index (κ3) is 8.83. The number of fused-ring (bicyclic) bond motifs is 6. The zero-order valence-electron chi connectivity index (χ0n) is 40.6. The number of ether oxygens (including phenoxy) is 5. The Morgan fingerprint density at radius 1 is 0.901 bits per heavy atom. The van der Waals surface area contributed by atoms with Crippen LogP contribution in [0.4, 0.5) is 42.8 Å². The molecule has 2 aromatic carbocycles. The molecule has 3 aromatic heterocycles. The molecule has 0 aliphatic carbocycles. The summed E-state index contributed by atoms with van der Waals surface area (Å²) in [6.45, 7) is 9.12. The molecule has 20 heteroatoms. The summed E-state index contributed by atoms with van der Waals surface area (Å²) in [4.78, 5) is 39.1. The van der Waals surface area contributed by atoms with Crippen molar-refractivity contribution in [3.63, 3.8) is 0 Å². The highest BCUT2D eigenvalue weighted by atomic mass is 19.4. The molecule has 5 aromatic rings. The molecule has 1 unspecified atom stereocenters. The predicted molar refractivity (Wildman–Crippen MR) is 251 cm³/mol. The Morgan fingerprint density at radius 3 is 2.18 bits per heavy atom. The van der Waals surface area contributed by atoms with Crippen molar-refractivity contribution in [2.45, 2.75) is 128 Å². The molecule has 5 aliphatic heterocycles. The number of carbonyl (C=O) groups excluding carboxylic acids is 1. The summed E-state index contributed by atoms with van der Waals surface area (Å²) < 4.78 is 127. The number of amides is 1. The fourth-order valence-electron chi connectivity index (χ4n) is 11.4. The van der Waals surface area contributed by atoms with Gasteiger partial charge < -0.3 is 33.5 Å². The van der Waals surface area contributed by atoms with E-state index in [1.54, 1.807) is 81.1 Å². The molecule has 14 nitrogen and oxygen atoms in total. The Morgan fingerprint density at radius 2 is 1.56 bits per heavy atom. The monoisotopic (exact) mass is 990 g/mol. The van der Waals surface area contributed by atoms with Crippen LogP contribution in [0.15, 0.2) is 48.5 Å². The average molecular weight is 991 g/mol. The van der Waals surface area contributed by atoms with E-state index in [2.05, 4.69) is 15.0 Å². The van der Waals surface area contributed by atoms with Crippen molar-refractivity contribution in [3.8, 4) is 34.6 Å². The molecule has 6 atom stereocenters. The smallest absolute Gasteiger partial charge is 0.418 e. The highest BCUT2D eigenvalue weighted by molar-refractivity contribution is 5.98. The van der Waals surface area contributed by atoms with Gasteiger partial charge in [0.05, 0.1) is 54.7 Å². The third-order valence-corrected chi connectivity index (χ3v) is 14.5. The number of aromatic nitrogens is 4. The summed E-state index contributed by atoms with van der Waals surface area (Å²) in [7, 11) is 3.02. The molecule has 0 N–H and O–H groups in total. The van der Waals surface area contributed by atoms with E-state index in [0.29, 0.717) is 48.4 Å². The van der Waals surface area contributed by atoms with Crippen LogP contribution in [0, 0.1) is 18.6 Å². The van der Waals surface area contributed by atoms with Gasteiger partial charge in [-0.05, 0) is 102 Å². The molecular weight excluding hydrogens is 935 g/mol. The quantitative estimate of drug-likeness (QED) is 0.117. The first kappa shape index (κ1) is 48.3. The van der Waals surface area contributed by atoms with Crippen LogP contribution in [0.5, 0.6) is 23.4 Å². The van der Waals surface area contributed by atoms with Crippen molar-refractivity contribution in [2.75, 3.05) is 50.3 Å². The highest BCUT2D eigenvalue weighted by Gasteiger charge is 2.55. The number of piperazine rings is 1. The van der Waals surface area contributed by atoms with Crippen LogP contribution in [0.2, 0.25) is 0 Å². The molecule has 5 aliphatic rings. The first-order chi connectivity index (χ1) is 33.8. The summed E-state index contributed by atoms with van der Waals surface area (Å²) in [5.41, 5.74) is -5.09. The first-order valence-corrected chi connectivity index (χ1v) is 23.9. The van der Waals surface area contributed by atoms with E-state index >= 15 is 22.0 Å². The standard InChI is InChI=1S/C51H56F6N8O6/c1-27-38(51(55,56)57)36(39(53)45(58-27)62(22-29-9-14-33(67-6)15-10-29)23-30-11-16-34(68-7)17-12-30)41-40(54)42-37-44(61-47(60-42)69-26-50-19-8-20-63(50)24-31(52)21-50)64-25-32-13-18-35(43(64)28(2)70-46(37)59-41)65(32)48(66)71-49(3,4)5/h9-12,14-17,28,31-32,35,43H,8,13,18-26H2,1-7H3/t28-,31+,32+,35-,43+,50?/m0/s1. The van der Waals surface area contributed by atoms with Crippen LogP contribution in [0.1, 0.15) is 82.2 Å². The number of alkyl halides is 4. The van der Waals surface area contributed by atoms with E-state index in [1.165, 1.54) is 19.1 Å². The topological polar surface area (TPSA) is 128 Å². The van der Waals surface area contributed by atoms with Crippen molar-refractivity contribution >= 4 is 28.6 Å². The van der Waals surface area contributed by atoms with Gasteiger partial charge in [-0.1, -0.05) is 24.3 Å². The maximum atomic E-state index is 18.1. The van der Waals surface area contributed by atoms with Gasteiger partial charge in [-0.25, -0.2) is 27.9 Å². The number of nitrogens with zero attached hydrogens (tertiary/aromatic N) is 8. The number of hydrogen-bond donors (Lipinski definition) is 0. The van der Waals surface area contributed by atoms with Crippen LogP contribution in [-0.2, 0) is 24.0 Å². The number of pyridine rings is 2. The van der Waals surface area contributed by atoms with E-state index in [-0.39, 0.29) is 68.3 Å². The minimum atomic E-state index is -5.26. The van der Waals surface area contributed by atoms with E-state index < -0.39 is 93.3 Å².